The summed E-state index contributed by atoms with van der Waals surface area (Å²) in [6.45, 7) is 0. The van der Waals surface area contributed by atoms with Crippen LogP contribution in [0.3, 0.4) is 0 Å². The highest BCUT2D eigenvalue weighted by Crippen LogP contribution is 2.25. The molecule has 0 saturated heterocycles. The zero-order chi connectivity index (χ0) is 13.5. The monoisotopic (exact) mass is 384 g/mol. The summed E-state index contributed by atoms with van der Waals surface area (Å²) in [5, 5.41) is 0. The van der Waals surface area contributed by atoms with Crippen LogP contribution in [-0.2, 0) is 6.42 Å². The molecular weight excluding hydrogens is 372 g/mol. The highest BCUT2D eigenvalue weighted by Gasteiger charge is 2.04. The largest absolute Gasteiger partial charge is 0.482 e. The first kappa shape index (κ1) is 14.4. The molecule has 0 aliphatic heterocycles. The molecule has 100 valence electrons. The SMILES string of the molecule is BrCOc1cc(Cc2ccccc2)cc(OCBr)c1. The first-order chi connectivity index (χ1) is 9.31. The number of halogens is 2. The van der Waals surface area contributed by atoms with Gasteiger partial charge in [-0.2, -0.15) is 0 Å². The molecule has 0 saturated carbocycles. The highest BCUT2D eigenvalue weighted by molar-refractivity contribution is 9.09. The van der Waals surface area contributed by atoms with Gasteiger partial charge in [-0.3, -0.25) is 0 Å². The van der Waals surface area contributed by atoms with Crippen molar-refractivity contribution in [2.75, 3.05) is 11.0 Å². The molecule has 0 spiro atoms. The molecule has 0 bridgehead atoms. The molecule has 0 unspecified atom stereocenters. The van der Waals surface area contributed by atoms with E-state index in [2.05, 4.69) is 44.0 Å². The lowest BCUT2D eigenvalue weighted by Gasteiger charge is -2.10. The first-order valence-corrected chi connectivity index (χ1v) is 8.11. The second-order valence-electron chi connectivity index (χ2n) is 3.98. The molecule has 4 heteroatoms. The fraction of sp³-hybridized carbons (Fsp3) is 0.200. The smallest absolute Gasteiger partial charge is 0.143 e. The average molecular weight is 386 g/mol. The third-order valence-electron chi connectivity index (χ3n) is 2.63. The van der Waals surface area contributed by atoms with Crippen molar-refractivity contribution in [3.63, 3.8) is 0 Å². The van der Waals surface area contributed by atoms with Gasteiger partial charge in [0, 0.05) is 6.07 Å². The Balaban J connectivity index is 2.23. The van der Waals surface area contributed by atoms with E-state index in [4.69, 9.17) is 9.47 Å². The summed E-state index contributed by atoms with van der Waals surface area (Å²) in [5.41, 5.74) is 3.37. The molecule has 2 rings (SSSR count). The molecule has 0 aliphatic rings. The standard InChI is InChI=1S/C15H14Br2O2/c16-10-18-14-7-13(8-15(9-14)19-11-17)6-12-4-2-1-3-5-12/h1-5,7-9H,6,10-11H2. The lowest BCUT2D eigenvalue weighted by atomic mass is 10.0. The zero-order valence-corrected chi connectivity index (χ0v) is 13.5. The summed E-state index contributed by atoms with van der Waals surface area (Å²) in [4.78, 5) is 0. The van der Waals surface area contributed by atoms with Crippen LogP contribution >= 0.6 is 31.9 Å². The summed E-state index contributed by atoms with van der Waals surface area (Å²) >= 11 is 6.54. The molecule has 2 aromatic carbocycles. The van der Waals surface area contributed by atoms with E-state index in [0.717, 1.165) is 17.9 Å². The molecule has 0 fully saturated rings. The van der Waals surface area contributed by atoms with Gasteiger partial charge in [0.2, 0.25) is 0 Å². The summed E-state index contributed by atoms with van der Waals surface area (Å²) in [7, 11) is 0. The molecule has 0 radical (unpaired) electrons. The fourth-order valence-electron chi connectivity index (χ4n) is 1.86. The first-order valence-electron chi connectivity index (χ1n) is 5.87. The quantitative estimate of drug-likeness (QED) is 0.668. The van der Waals surface area contributed by atoms with Crippen LogP contribution in [0.25, 0.3) is 0 Å². The molecule has 0 aromatic heterocycles. The van der Waals surface area contributed by atoms with Crippen LogP contribution in [0.1, 0.15) is 11.1 Å². The van der Waals surface area contributed by atoms with E-state index in [1.165, 1.54) is 11.1 Å². The summed E-state index contributed by atoms with van der Waals surface area (Å²) in [6, 6.07) is 16.3. The second-order valence-corrected chi connectivity index (χ2v) is 4.90. The topological polar surface area (TPSA) is 18.5 Å². The Morgan fingerprint density at radius 3 is 1.84 bits per heavy atom. The van der Waals surface area contributed by atoms with Gasteiger partial charge in [0.05, 0.1) is 0 Å². The van der Waals surface area contributed by atoms with Crippen molar-refractivity contribution in [2.24, 2.45) is 0 Å². The van der Waals surface area contributed by atoms with Gasteiger partial charge < -0.3 is 9.47 Å². The Hall–Kier alpha value is -1.000. The fourth-order valence-corrected chi connectivity index (χ4v) is 2.39. The van der Waals surface area contributed by atoms with Gasteiger partial charge in [-0.25, -0.2) is 0 Å². The summed E-state index contributed by atoms with van der Waals surface area (Å²) in [5.74, 6) is 1.61. The number of ether oxygens (including phenoxy) is 2. The minimum absolute atomic E-state index is 0.468. The van der Waals surface area contributed by atoms with Gasteiger partial charge in [-0.1, -0.05) is 30.3 Å². The van der Waals surface area contributed by atoms with Crippen LogP contribution in [-0.4, -0.2) is 11.0 Å². The van der Waals surface area contributed by atoms with E-state index >= 15 is 0 Å². The number of hydrogen-bond donors (Lipinski definition) is 0. The van der Waals surface area contributed by atoms with Crippen LogP contribution in [0.4, 0.5) is 0 Å². The Morgan fingerprint density at radius 2 is 1.32 bits per heavy atom. The Bertz CT molecular complexity index is 491. The molecule has 2 nitrogen and oxygen atoms in total. The third kappa shape index (κ3) is 4.55. The van der Waals surface area contributed by atoms with Crippen molar-refractivity contribution in [3.8, 4) is 11.5 Å². The molecule has 0 amide bonds. The molecule has 0 aliphatic carbocycles. The van der Waals surface area contributed by atoms with Gasteiger partial charge in [-0.15, -0.1) is 0 Å². The van der Waals surface area contributed by atoms with Crippen molar-refractivity contribution in [3.05, 3.63) is 59.7 Å². The van der Waals surface area contributed by atoms with Crippen molar-refractivity contribution < 1.29 is 9.47 Å². The molecule has 0 N–H and O–H groups in total. The summed E-state index contributed by atoms with van der Waals surface area (Å²) in [6.07, 6.45) is 0.860. The Morgan fingerprint density at radius 1 is 0.737 bits per heavy atom. The zero-order valence-electron chi connectivity index (χ0n) is 10.3. The van der Waals surface area contributed by atoms with Crippen LogP contribution in [0, 0.1) is 0 Å². The highest BCUT2D eigenvalue weighted by atomic mass is 79.9. The third-order valence-corrected chi connectivity index (χ3v) is 3.09. The molecule has 0 heterocycles. The minimum Gasteiger partial charge on any atom is -0.482 e. The number of rotatable bonds is 6. The van der Waals surface area contributed by atoms with E-state index in [1.807, 2.05) is 36.4 Å². The molecular formula is C15H14Br2O2. The molecule has 19 heavy (non-hydrogen) atoms. The normalized spacial score (nSPS) is 10.2. The van der Waals surface area contributed by atoms with E-state index < -0.39 is 0 Å². The van der Waals surface area contributed by atoms with Crippen molar-refractivity contribution >= 4 is 31.9 Å². The number of alkyl halides is 2. The summed E-state index contributed by atoms with van der Waals surface area (Å²) < 4.78 is 11.0. The van der Waals surface area contributed by atoms with Gasteiger partial charge in [0.1, 0.15) is 22.5 Å². The van der Waals surface area contributed by atoms with Crippen LogP contribution in [0.5, 0.6) is 11.5 Å². The molecule has 2 aromatic rings. The maximum Gasteiger partial charge on any atom is 0.143 e. The van der Waals surface area contributed by atoms with Crippen molar-refractivity contribution in [2.45, 2.75) is 6.42 Å². The van der Waals surface area contributed by atoms with E-state index in [9.17, 15) is 0 Å². The lowest BCUT2D eigenvalue weighted by Crippen LogP contribution is -1.96. The number of benzene rings is 2. The van der Waals surface area contributed by atoms with E-state index in [-0.39, 0.29) is 0 Å². The predicted octanol–water partition coefficient (Wildman–Crippen LogP) is 4.74. The van der Waals surface area contributed by atoms with E-state index in [0.29, 0.717) is 11.0 Å². The second kappa shape index (κ2) is 7.56. The van der Waals surface area contributed by atoms with E-state index in [1.54, 1.807) is 0 Å². The minimum atomic E-state index is 0.468. The van der Waals surface area contributed by atoms with Gasteiger partial charge in [0.15, 0.2) is 0 Å². The number of hydrogen-bond acceptors (Lipinski definition) is 2. The van der Waals surface area contributed by atoms with Crippen molar-refractivity contribution in [1.82, 2.24) is 0 Å². The van der Waals surface area contributed by atoms with Crippen LogP contribution < -0.4 is 9.47 Å². The lowest BCUT2D eigenvalue weighted by molar-refractivity contribution is 0.377. The Labute approximate surface area is 130 Å². The Kier molecular flexibility index (Phi) is 5.73. The van der Waals surface area contributed by atoms with Gasteiger partial charge >= 0.3 is 0 Å². The van der Waals surface area contributed by atoms with Gasteiger partial charge in [-0.05, 0) is 61.5 Å². The van der Waals surface area contributed by atoms with Crippen LogP contribution in [0.2, 0.25) is 0 Å². The van der Waals surface area contributed by atoms with Crippen molar-refractivity contribution in [1.29, 1.82) is 0 Å². The van der Waals surface area contributed by atoms with Crippen LogP contribution in [0.15, 0.2) is 48.5 Å². The van der Waals surface area contributed by atoms with Gasteiger partial charge in [0.25, 0.3) is 0 Å². The average Bonchev–Trinajstić information content (AvgIpc) is 2.40. The molecule has 0 atom stereocenters. The maximum absolute atomic E-state index is 5.49. The predicted molar refractivity (Wildman–Crippen MR) is 84.5 cm³/mol. The maximum atomic E-state index is 5.49.